The van der Waals surface area contributed by atoms with Crippen LogP contribution in [0.15, 0.2) is 35.2 Å². The molecule has 1 saturated carbocycles. The maximum atomic E-state index is 12.4. The molecule has 0 aliphatic heterocycles. The highest BCUT2D eigenvalue weighted by molar-refractivity contribution is 7.89. The number of aromatic nitrogens is 2. The van der Waals surface area contributed by atoms with Crippen LogP contribution >= 0.6 is 0 Å². The Morgan fingerprint density at radius 2 is 2.10 bits per heavy atom. The van der Waals surface area contributed by atoms with E-state index < -0.39 is 16.6 Å². The second-order valence-electron chi connectivity index (χ2n) is 5.26. The van der Waals surface area contributed by atoms with Gasteiger partial charge in [0, 0.05) is 12.0 Å². The van der Waals surface area contributed by atoms with Gasteiger partial charge in [-0.2, -0.15) is 5.10 Å². The van der Waals surface area contributed by atoms with Crippen LogP contribution in [0.3, 0.4) is 0 Å². The number of aromatic amines is 1. The molecule has 1 heterocycles. The second kappa shape index (κ2) is 5.25. The Morgan fingerprint density at radius 3 is 2.76 bits per heavy atom. The van der Waals surface area contributed by atoms with Crippen molar-refractivity contribution in [1.82, 2.24) is 14.9 Å². The minimum Gasteiger partial charge on any atom is -0.390 e. The standard InChI is InChI=1S/C14H17N3O3S/c1-9-14(13(8-18)16-15-9)21(19,20)17-12-7-11(12)10-5-3-2-4-6-10/h2-6,11-12,17-18H,7-8H2,1H3,(H,15,16). The van der Waals surface area contributed by atoms with Crippen molar-refractivity contribution < 1.29 is 13.5 Å². The van der Waals surface area contributed by atoms with Crippen molar-refractivity contribution in [2.45, 2.75) is 36.8 Å². The van der Waals surface area contributed by atoms with Crippen LogP contribution in [-0.2, 0) is 16.6 Å². The van der Waals surface area contributed by atoms with Gasteiger partial charge in [0.1, 0.15) is 10.6 Å². The molecule has 2 unspecified atom stereocenters. The van der Waals surface area contributed by atoms with Crippen LogP contribution in [0, 0.1) is 6.92 Å². The summed E-state index contributed by atoms with van der Waals surface area (Å²) in [6.45, 7) is 1.22. The molecular weight excluding hydrogens is 290 g/mol. The minimum absolute atomic E-state index is 0.0590. The van der Waals surface area contributed by atoms with Gasteiger partial charge in [-0.15, -0.1) is 0 Å². The van der Waals surface area contributed by atoms with Crippen molar-refractivity contribution in [2.75, 3.05) is 0 Å². The fraction of sp³-hybridized carbons (Fsp3) is 0.357. The third-order valence-corrected chi connectivity index (χ3v) is 5.40. The third kappa shape index (κ3) is 2.72. The lowest BCUT2D eigenvalue weighted by atomic mass is 10.1. The summed E-state index contributed by atoms with van der Waals surface area (Å²) < 4.78 is 27.6. The first-order valence-corrected chi connectivity index (χ1v) is 8.23. The quantitative estimate of drug-likeness (QED) is 0.769. The fourth-order valence-electron chi connectivity index (χ4n) is 2.59. The highest BCUT2D eigenvalue weighted by Crippen LogP contribution is 2.41. The van der Waals surface area contributed by atoms with E-state index in [4.69, 9.17) is 0 Å². The van der Waals surface area contributed by atoms with Crippen molar-refractivity contribution in [3.63, 3.8) is 0 Å². The largest absolute Gasteiger partial charge is 0.390 e. The average Bonchev–Trinajstić information content (AvgIpc) is 3.10. The Morgan fingerprint density at radius 1 is 1.38 bits per heavy atom. The van der Waals surface area contributed by atoms with Gasteiger partial charge < -0.3 is 5.11 Å². The zero-order valence-electron chi connectivity index (χ0n) is 11.6. The molecule has 6 nitrogen and oxygen atoms in total. The Labute approximate surface area is 123 Å². The summed E-state index contributed by atoms with van der Waals surface area (Å²) in [5.74, 6) is 0.214. The zero-order valence-corrected chi connectivity index (χ0v) is 12.4. The highest BCUT2D eigenvalue weighted by Gasteiger charge is 2.42. The van der Waals surface area contributed by atoms with Crippen LogP contribution < -0.4 is 4.72 Å². The van der Waals surface area contributed by atoms with E-state index in [0.717, 1.165) is 12.0 Å². The SMILES string of the molecule is Cc1[nH]nc(CO)c1S(=O)(=O)NC1CC1c1ccccc1. The number of hydrogen-bond acceptors (Lipinski definition) is 4. The lowest BCUT2D eigenvalue weighted by Crippen LogP contribution is -2.28. The molecule has 1 aliphatic carbocycles. The minimum atomic E-state index is -3.67. The first-order chi connectivity index (χ1) is 10.0. The molecule has 112 valence electrons. The van der Waals surface area contributed by atoms with Gasteiger partial charge in [0.2, 0.25) is 10.0 Å². The molecule has 1 aromatic carbocycles. The van der Waals surface area contributed by atoms with Gasteiger partial charge in [-0.05, 0) is 18.9 Å². The first-order valence-electron chi connectivity index (χ1n) is 6.75. The van der Waals surface area contributed by atoms with Gasteiger partial charge in [-0.25, -0.2) is 13.1 Å². The molecule has 2 atom stereocenters. The summed E-state index contributed by atoms with van der Waals surface area (Å²) in [5.41, 5.74) is 1.72. The number of hydrogen-bond donors (Lipinski definition) is 3. The molecule has 0 amide bonds. The van der Waals surface area contributed by atoms with E-state index in [1.807, 2.05) is 30.3 Å². The first kappa shape index (κ1) is 14.2. The van der Waals surface area contributed by atoms with Crippen molar-refractivity contribution in [2.24, 2.45) is 0 Å². The van der Waals surface area contributed by atoms with Gasteiger partial charge in [0.15, 0.2) is 0 Å². The van der Waals surface area contributed by atoms with Crippen LogP contribution in [0.25, 0.3) is 0 Å². The number of nitrogens with one attached hydrogen (secondary N) is 2. The van der Waals surface area contributed by atoms with E-state index in [9.17, 15) is 13.5 Å². The number of sulfonamides is 1. The molecule has 0 spiro atoms. The van der Waals surface area contributed by atoms with Gasteiger partial charge in [-0.3, -0.25) is 5.10 Å². The van der Waals surface area contributed by atoms with Crippen molar-refractivity contribution in [3.05, 3.63) is 47.3 Å². The predicted molar refractivity (Wildman–Crippen MR) is 77.2 cm³/mol. The molecular formula is C14H17N3O3S. The molecule has 0 saturated heterocycles. The van der Waals surface area contributed by atoms with Crippen LogP contribution in [0.2, 0.25) is 0 Å². The maximum absolute atomic E-state index is 12.4. The molecule has 7 heteroatoms. The third-order valence-electron chi connectivity index (χ3n) is 3.70. The van der Waals surface area contributed by atoms with Crippen molar-refractivity contribution >= 4 is 10.0 Å². The molecule has 3 rings (SSSR count). The average molecular weight is 307 g/mol. The predicted octanol–water partition coefficient (Wildman–Crippen LogP) is 1.04. The van der Waals surface area contributed by atoms with E-state index in [1.54, 1.807) is 6.92 Å². The summed E-state index contributed by atoms with van der Waals surface area (Å²) >= 11 is 0. The Hall–Kier alpha value is -1.70. The molecule has 0 bridgehead atoms. The van der Waals surface area contributed by atoms with E-state index in [-0.39, 0.29) is 22.5 Å². The number of aliphatic hydroxyl groups excluding tert-OH is 1. The molecule has 1 aliphatic rings. The number of aliphatic hydroxyl groups is 1. The monoisotopic (exact) mass is 307 g/mol. The summed E-state index contributed by atoms with van der Waals surface area (Å²) in [6, 6.07) is 9.74. The second-order valence-corrected chi connectivity index (χ2v) is 6.91. The molecule has 0 radical (unpaired) electrons. The normalized spacial score (nSPS) is 21.4. The van der Waals surface area contributed by atoms with Crippen LogP contribution in [0.4, 0.5) is 0 Å². The topological polar surface area (TPSA) is 95.1 Å². The van der Waals surface area contributed by atoms with Crippen LogP contribution in [0.5, 0.6) is 0 Å². The van der Waals surface area contributed by atoms with Crippen LogP contribution in [0.1, 0.15) is 29.3 Å². The van der Waals surface area contributed by atoms with E-state index in [2.05, 4.69) is 14.9 Å². The van der Waals surface area contributed by atoms with E-state index in [1.165, 1.54) is 0 Å². The molecule has 1 fully saturated rings. The number of benzene rings is 1. The van der Waals surface area contributed by atoms with Gasteiger partial charge in [0.25, 0.3) is 0 Å². The highest BCUT2D eigenvalue weighted by atomic mass is 32.2. The smallest absolute Gasteiger partial charge is 0.244 e. The van der Waals surface area contributed by atoms with Crippen molar-refractivity contribution in [1.29, 1.82) is 0 Å². The molecule has 21 heavy (non-hydrogen) atoms. The Bertz CT molecular complexity index is 740. The maximum Gasteiger partial charge on any atom is 0.244 e. The molecule has 1 aromatic heterocycles. The Balaban J connectivity index is 1.78. The lowest BCUT2D eigenvalue weighted by Gasteiger charge is -2.07. The Kier molecular flexibility index (Phi) is 3.56. The van der Waals surface area contributed by atoms with Gasteiger partial charge in [-0.1, -0.05) is 30.3 Å². The fourth-order valence-corrected chi connectivity index (χ4v) is 4.23. The van der Waals surface area contributed by atoms with E-state index >= 15 is 0 Å². The van der Waals surface area contributed by atoms with Gasteiger partial charge >= 0.3 is 0 Å². The zero-order chi connectivity index (χ0) is 15.0. The van der Waals surface area contributed by atoms with E-state index in [0.29, 0.717) is 5.69 Å². The molecule has 2 aromatic rings. The van der Waals surface area contributed by atoms with Crippen molar-refractivity contribution in [3.8, 4) is 0 Å². The number of aryl methyl sites for hydroxylation is 1. The van der Waals surface area contributed by atoms with Crippen LogP contribution in [-0.4, -0.2) is 29.8 Å². The summed E-state index contributed by atoms with van der Waals surface area (Å²) in [7, 11) is -3.67. The number of rotatable bonds is 5. The summed E-state index contributed by atoms with van der Waals surface area (Å²) in [6.07, 6.45) is 0.786. The molecule has 3 N–H and O–H groups in total. The van der Waals surface area contributed by atoms with Gasteiger partial charge in [0.05, 0.1) is 12.3 Å². The summed E-state index contributed by atoms with van der Waals surface area (Å²) in [5, 5.41) is 15.6. The summed E-state index contributed by atoms with van der Waals surface area (Å²) in [4.78, 5) is 0.0590. The number of nitrogens with zero attached hydrogens (tertiary/aromatic N) is 1. The number of H-pyrrole nitrogens is 1. The lowest BCUT2D eigenvalue weighted by molar-refractivity contribution is 0.273.